The predicted molar refractivity (Wildman–Crippen MR) is 67.6 cm³/mol. The first-order valence-corrected chi connectivity index (χ1v) is 6.34. The van der Waals surface area contributed by atoms with Crippen LogP contribution in [0.4, 0.5) is 5.95 Å². The van der Waals surface area contributed by atoms with Crippen LogP contribution >= 0.6 is 0 Å². The van der Waals surface area contributed by atoms with Gasteiger partial charge in [-0.1, -0.05) is 20.8 Å². The molecule has 3 heteroatoms. The first kappa shape index (κ1) is 11.5. The fourth-order valence-electron chi connectivity index (χ4n) is 2.03. The summed E-state index contributed by atoms with van der Waals surface area (Å²) >= 11 is 0. The second kappa shape index (κ2) is 4.48. The predicted octanol–water partition coefficient (Wildman–Crippen LogP) is 2.92. The second-order valence-electron chi connectivity index (χ2n) is 5.61. The maximum atomic E-state index is 4.54. The highest BCUT2D eigenvalue weighted by molar-refractivity contribution is 5.29. The van der Waals surface area contributed by atoms with Crippen molar-refractivity contribution in [2.24, 2.45) is 17.8 Å². The van der Waals surface area contributed by atoms with Gasteiger partial charge in [-0.15, -0.1) is 0 Å². The van der Waals surface area contributed by atoms with E-state index in [1.165, 1.54) is 6.42 Å². The van der Waals surface area contributed by atoms with Gasteiger partial charge in [0.1, 0.15) is 0 Å². The van der Waals surface area contributed by atoms with E-state index < -0.39 is 0 Å². The lowest BCUT2D eigenvalue weighted by molar-refractivity contribution is 0.591. The van der Waals surface area contributed by atoms with E-state index in [4.69, 9.17) is 0 Å². The molecule has 2 rings (SSSR count). The maximum Gasteiger partial charge on any atom is 0.203 e. The van der Waals surface area contributed by atoms with Crippen LogP contribution in [0.1, 0.15) is 32.9 Å². The van der Waals surface area contributed by atoms with Gasteiger partial charge in [0, 0.05) is 19.3 Å². The van der Waals surface area contributed by atoms with Crippen molar-refractivity contribution in [3.8, 4) is 0 Å². The van der Waals surface area contributed by atoms with Crippen molar-refractivity contribution < 1.29 is 0 Å². The van der Waals surface area contributed by atoms with E-state index in [-0.39, 0.29) is 0 Å². The van der Waals surface area contributed by atoms with Crippen molar-refractivity contribution in [1.82, 2.24) is 9.55 Å². The molecule has 0 aliphatic heterocycles. The number of hydrogen-bond acceptors (Lipinski definition) is 2. The van der Waals surface area contributed by atoms with Gasteiger partial charge in [-0.2, -0.15) is 0 Å². The fraction of sp³-hybridized carbons (Fsp3) is 0.769. The quantitative estimate of drug-likeness (QED) is 0.828. The zero-order valence-electron chi connectivity index (χ0n) is 10.8. The van der Waals surface area contributed by atoms with E-state index in [1.54, 1.807) is 0 Å². The summed E-state index contributed by atoms with van der Waals surface area (Å²) in [6.45, 7) is 11.0. The topological polar surface area (TPSA) is 29.9 Å². The first-order valence-electron chi connectivity index (χ1n) is 6.34. The van der Waals surface area contributed by atoms with E-state index in [9.17, 15) is 0 Å². The molecule has 2 unspecified atom stereocenters. The Kier molecular flexibility index (Phi) is 3.22. The maximum absolute atomic E-state index is 4.54. The Balaban J connectivity index is 1.98. The summed E-state index contributed by atoms with van der Waals surface area (Å²) in [5.41, 5.74) is 1.11. The van der Waals surface area contributed by atoms with Crippen molar-refractivity contribution in [2.45, 2.75) is 40.7 Å². The third-order valence-corrected chi connectivity index (χ3v) is 3.27. The van der Waals surface area contributed by atoms with Gasteiger partial charge in [0.05, 0.1) is 5.69 Å². The zero-order valence-corrected chi connectivity index (χ0v) is 10.8. The number of nitrogens with one attached hydrogen (secondary N) is 1. The van der Waals surface area contributed by atoms with E-state index >= 15 is 0 Å². The number of imidazole rings is 1. The van der Waals surface area contributed by atoms with Crippen molar-refractivity contribution in [3.63, 3.8) is 0 Å². The smallest absolute Gasteiger partial charge is 0.203 e. The van der Waals surface area contributed by atoms with Crippen LogP contribution in [0.25, 0.3) is 0 Å². The molecule has 0 radical (unpaired) electrons. The average Bonchev–Trinajstić information content (AvgIpc) is 2.74. The van der Waals surface area contributed by atoms with E-state index in [0.29, 0.717) is 5.92 Å². The minimum atomic E-state index is 0.658. The van der Waals surface area contributed by atoms with E-state index in [2.05, 4.69) is 48.8 Å². The molecule has 1 aliphatic rings. The highest BCUT2D eigenvalue weighted by atomic mass is 15.2. The molecule has 3 nitrogen and oxygen atoms in total. The summed E-state index contributed by atoms with van der Waals surface area (Å²) in [5.74, 6) is 3.48. The van der Waals surface area contributed by atoms with Gasteiger partial charge in [-0.25, -0.2) is 4.98 Å². The molecule has 1 N–H and O–H groups in total. The lowest BCUT2D eigenvalue weighted by Gasteiger charge is -2.10. The number of anilines is 1. The number of nitrogens with zero attached hydrogens (tertiary/aromatic N) is 2. The van der Waals surface area contributed by atoms with Crippen molar-refractivity contribution in [1.29, 1.82) is 0 Å². The summed E-state index contributed by atoms with van der Waals surface area (Å²) in [6.07, 6.45) is 3.54. The number of aromatic nitrogens is 2. The fourth-order valence-corrected chi connectivity index (χ4v) is 2.03. The molecule has 0 aromatic carbocycles. The third kappa shape index (κ3) is 2.77. The van der Waals surface area contributed by atoms with Crippen LogP contribution in [0, 0.1) is 24.7 Å². The Morgan fingerprint density at radius 1 is 1.56 bits per heavy atom. The summed E-state index contributed by atoms with van der Waals surface area (Å²) in [5, 5.41) is 3.43. The Hall–Kier alpha value is -0.990. The normalized spacial score (nSPS) is 23.8. The van der Waals surface area contributed by atoms with Gasteiger partial charge in [0.15, 0.2) is 0 Å². The molecular formula is C13H23N3. The van der Waals surface area contributed by atoms with Crippen molar-refractivity contribution in [3.05, 3.63) is 11.9 Å². The molecule has 0 saturated heterocycles. The van der Waals surface area contributed by atoms with Crippen LogP contribution in [0.2, 0.25) is 0 Å². The standard InChI is InChI=1S/C13H23N3/c1-9(2)6-14-13-15-11(4)7-16(13)8-12-5-10(12)3/h7,9-10,12H,5-6,8H2,1-4H3,(H,14,15). The molecule has 90 valence electrons. The van der Waals surface area contributed by atoms with Crippen molar-refractivity contribution >= 4 is 5.95 Å². The highest BCUT2D eigenvalue weighted by Gasteiger charge is 2.33. The molecule has 16 heavy (non-hydrogen) atoms. The first-order chi connectivity index (χ1) is 7.56. The molecule has 0 amide bonds. The number of rotatable bonds is 5. The Morgan fingerprint density at radius 2 is 2.25 bits per heavy atom. The van der Waals surface area contributed by atoms with Crippen LogP contribution in [0.15, 0.2) is 6.20 Å². The third-order valence-electron chi connectivity index (χ3n) is 3.27. The number of aryl methyl sites for hydroxylation is 1. The molecule has 1 saturated carbocycles. The monoisotopic (exact) mass is 221 g/mol. The molecule has 0 spiro atoms. The Bertz CT molecular complexity index is 354. The molecule has 1 aromatic rings. The second-order valence-corrected chi connectivity index (χ2v) is 5.61. The van der Waals surface area contributed by atoms with E-state index in [1.807, 2.05) is 0 Å². The van der Waals surface area contributed by atoms with Crippen LogP contribution in [0.5, 0.6) is 0 Å². The van der Waals surface area contributed by atoms with Gasteiger partial charge in [-0.05, 0) is 31.1 Å². The summed E-state index contributed by atoms with van der Waals surface area (Å²) < 4.78 is 2.28. The van der Waals surface area contributed by atoms with Crippen LogP contribution < -0.4 is 5.32 Å². The lowest BCUT2D eigenvalue weighted by Crippen LogP contribution is -2.13. The summed E-state index contributed by atoms with van der Waals surface area (Å²) in [4.78, 5) is 4.54. The molecule has 1 fully saturated rings. The molecule has 0 bridgehead atoms. The van der Waals surface area contributed by atoms with Crippen molar-refractivity contribution in [2.75, 3.05) is 11.9 Å². The van der Waals surface area contributed by atoms with Crippen LogP contribution in [-0.2, 0) is 6.54 Å². The molecule has 1 aliphatic carbocycles. The summed E-state index contributed by atoms with van der Waals surface area (Å²) in [6, 6.07) is 0. The Labute approximate surface area is 98.3 Å². The minimum Gasteiger partial charge on any atom is -0.355 e. The summed E-state index contributed by atoms with van der Waals surface area (Å²) in [7, 11) is 0. The van der Waals surface area contributed by atoms with Gasteiger partial charge >= 0.3 is 0 Å². The molecular weight excluding hydrogens is 198 g/mol. The molecule has 1 aromatic heterocycles. The Morgan fingerprint density at radius 3 is 2.81 bits per heavy atom. The number of hydrogen-bond donors (Lipinski definition) is 1. The molecule has 1 heterocycles. The SMILES string of the molecule is Cc1cn(CC2CC2C)c(NCC(C)C)n1. The van der Waals surface area contributed by atoms with Gasteiger partial charge in [-0.3, -0.25) is 0 Å². The minimum absolute atomic E-state index is 0.658. The van der Waals surface area contributed by atoms with Gasteiger partial charge in [0.25, 0.3) is 0 Å². The average molecular weight is 221 g/mol. The highest BCUT2D eigenvalue weighted by Crippen LogP contribution is 2.39. The zero-order chi connectivity index (χ0) is 11.7. The largest absolute Gasteiger partial charge is 0.355 e. The molecule has 2 atom stereocenters. The lowest BCUT2D eigenvalue weighted by atomic mass is 10.2. The van der Waals surface area contributed by atoms with Gasteiger partial charge in [0.2, 0.25) is 5.95 Å². The van der Waals surface area contributed by atoms with Crippen LogP contribution in [-0.4, -0.2) is 16.1 Å². The van der Waals surface area contributed by atoms with Gasteiger partial charge < -0.3 is 9.88 Å². The van der Waals surface area contributed by atoms with E-state index in [0.717, 1.165) is 36.6 Å². The van der Waals surface area contributed by atoms with Crippen LogP contribution in [0.3, 0.4) is 0 Å².